The van der Waals surface area contributed by atoms with Crippen LogP contribution in [0.25, 0.3) is 129 Å². The molecule has 54 heavy (non-hydrogen) atoms. The molecule has 0 N–H and O–H groups in total. The zero-order chi connectivity index (χ0) is 35.1. The van der Waals surface area contributed by atoms with Gasteiger partial charge in [0.15, 0.2) is 0 Å². The van der Waals surface area contributed by atoms with Gasteiger partial charge in [0.25, 0.3) is 0 Å². The average molecular weight is 723 g/mol. The molecule has 0 radical (unpaired) electrons. The number of furan rings is 2. The molecule has 250 valence electrons. The molecule has 0 bridgehead atoms. The quantitative estimate of drug-likeness (QED) is 0.131. The number of para-hydroxylation sites is 2. The maximum atomic E-state index is 6.78. The van der Waals surface area contributed by atoms with Gasteiger partial charge in [0.1, 0.15) is 22.3 Å². The van der Waals surface area contributed by atoms with Crippen LogP contribution in [0.2, 0.25) is 0 Å². The third-order valence-corrected chi connectivity index (χ3v) is 13.5. The summed E-state index contributed by atoms with van der Waals surface area (Å²) < 4.78 is 16.1. The SMILES string of the molecule is c1ccc2c(c1)oc1c2ccc2c3cc4cc(-c5csc6ccccc56)c5c(ccc6c7ccccc7oc65)c4cc3cc(-c3csc4ccccc34)c21. The molecule has 0 unspecified atom stereocenters. The summed E-state index contributed by atoms with van der Waals surface area (Å²) >= 11 is 3.60. The van der Waals surface area contributed by atoms with Crippen molar-refractivity contribution < 1.29 is 8.83 Å². The Bertz CT molecular complexity index is 3490. The zero-order valence-electron chi connectivity index (χ0n) is 28.6. The second kappa shape index (κ2) is 10.6. The van der Waals surface area contributed by atoms with Crippen molar-refractivity contribution in [3.05, 3.63) is 156 Å². The lowest BCUT2D eigenvalue weighted by molar-refractivity contribution is 0.672. The van der Waals surface area contributed by atoms with Gasteiger partial charge in [0.05, 0.1) is 0 Å². The molecule has 0 amide bonds. The van der Waals surface area contributed by atoms with Gasteiger partial charge in [0, 0.05) is 63.6 Å². The Labute approximate surface area is 315 Å². The van der Waals surface area contributed by atoms with Gasteiger partial charge in [-0.2, -0.15) is 0 Å². The fourth-order valence-electron chi connectivity index (χ4n) is 9.15. The summed E-state index contributed by atoms with van der Waals surface area (Å²) in [5.74, 6) is 0. The van der Waals surface area contributed by atoms with E-state index in [0.29, 0.717) is 0 Å². The first-order valence-electron chi connectivity index (χ1n) is 18.2. The van der Waals surface area contributed by atoms with Crippen LogP contribution in [0, 0.1) is 0 Å². The van der Waals surface area contributed by atoms with Crippen LogP contribution in [0.4, 0.5) is 0 Å². The summed E-state index contributed by atoms with van der Waals surface area (Å²) in [7, 11) is 0. The lowest BCUT2D eigenvalue weighted by atomic mass is 9.87. The number of benzene rings is 9. The zero-order valence-corrected chi connectivity index (χ0v) is 30.3. The molecule has 0 spiro atoms. The number of hydrogen-bond donors (Lipinski definition) is 0. The number of fused-ring (bicyclic) bond motifs is 16. The molecule has 4 heterocycles. The van der Waals surface area contributed by atoms with E-state index in [4.69, 9.17) is 8.83 Å². The van der Waals surface area contributed by atoms with Gasteiger partial charge >= 0.3 is 0 Å². The topological polar surface area (TPSA) is 26.3 Å². The van der Waals surface area contributed by atoms with Crippen LogP contribution in [-0.4, -0.2) is 0 Å². The summed E-state index contributed by atoms with van der Waals surface area (Å²) in [6, 6.07) is 53.1. The summed E-state index contributed by atoms with van der Waals surface area (Å²) in [6.07, 6.45) is 0. The van der Waals surface area contributed by atoms with Crippen molar-refractivity contribution in [1.82, 2.24) is 0 Å². The summed E-state index contributed by atoms with van der Waals surface area (Å²) in [5.41, 5.74) is 8.59. The molecule has 0 aliphatic rings. The van der Waals surface area contributed by atoms with Crippen LogP contribution >= 0.6 is 22.7 Å². The van der Waals surface area contributed by atoms with E-state index in [-0.39, 0.29) is 0 Å². The molecule has 0 aliphatic carbocycles. The fourth-order valence-corrected chi connectivity index (χ4v) is 11.1. The molecular formula is C50H26O2S2. The summed E-state index contributed by atoms with van der Waals surface area (Å²) in [6.45, 7) is 0. The Morgan fingerprint density at radius 2 is 0.722 bits per heavy atom. The van der Waals surface area contributed by atoms with Gasteiger partial charge in [-0.1, -0.05) is 84.9 Å². The molecule has 0 saturated carbocycles. The summed E-state index contributed by atoms with van der Waals surface area (Å²) in [5, 5.41) is 21.3. The van der Waals surface area contributed by atoms with Crippen LogP contribution < -0.4 is 0 Å². The van der Waals surface area contributed by atoms with E-state index in [0.717, 1.165) is 54.6 Å². The highest BCUT2D eigenvalue weighted by Gasteiger charge is 2.22. The Morgan fingerprint density at radius 3 is 1.20 bits per heavy atom. The van der Waals surface area contributed by atoms with Crippen molar-refractivity contribution >= 4 is 130 Å². The number of rotatable bonds is 2. The van der Waals surface area contributed by atoms with Gasteiger partial charge in [-0.3, -0.25) is 0 Å². The smallest absolute Gasteiger partial charge is 0.143 e. The van der Waals surface area contributed by atoms with Crippen molar-refractivity contribution in [2.24, 2.45) is 0 Å². The van der Waals surface area contributed by atoms with Crippen LogP contribution in [0.5, 0.6) is 0 Å². The second-order valence-corrected chi connectivity index (χ2v) is 16.2. The van der Waals surface area contributed by atoms with E-state index in [1.54, 1.807) is 22.7 Å². The van der Waals surface area contributed by atoms with E-state index >= 15 is 0 Å². The minimum atomic E-state index is 0.913. The predicted octanol–water partition coefficient (Wildman–Crippen LogP) is 15.9. The minimum Gasteiger partial charge on any atom is -0.455 e. The van der Waals surface area contributed by atoms with Crippen molar-refractivity contribution in [3.8, 4) is 22.3 Å². The average Bonchev–Trinajstić information content (AvgIpc) is 4.02. The Kier molecular flexibility index (Phi) is 5.69. The van der Waals surface area contributed by atoms with Crippen molar-refractivity contribution in [1.29, 1.82) is 0 Å². The number of hydrogen-bond acceptors (Lipinski definition) is 4. The second-order valence-electron chi connectivity index (χ2n) is 14.4. The van der Waals surface area contributed by atoms with Crippen LogP contribution in [-0.2, 0) is 0 Å². The Morgan fingerprint density at radius 1 is 0.315 bits per heavy atom. The molecule has 0 aliphatic heterocycles. The molecule has 4 aromatic heterocycles. The third kappa shape index (κ3) is 3.83. The number of thiophene rings is 2. The van der Waals surface area contributed by atoms with E-state index in [9.17, 15) is 0 Å². The highest BCUT2D eigenvalue weighted by atomic mass is 32.1. The standard InChI is InChI=1S/C50H26O2S2/c1-5-13-43-29(9-1)35-19-17-33-37-21-28-24-40(42-26-54-46-16-8-4-12-32(42)46)48-34(18-20-36-30-10-2-6-14-44(30)52-50(36)48)38(28)22-27(37)23-39(47(33)49(35)51-43)41-25-53-45-15-7-3-11-31(41)45/h1-26H. The predicted molar refractivity (Wildman–Crippen MR) is 233 cm³/mol. The molecule has 2 nitrogen and oxygen atoms in total. The molecule has 13 rings (SSSR count). The third-order valence-electron chi connectivity index (χ3n) is 11.6. The van der Waals surface area contributed by atoms with E-state index in [1.165, 1.54) is 74.7 Å². The monoisotopic (exact) mass is 722 g/mol. The molecule has 0 saturated heterocycles. The fraction of sp³-hybridized carbons (Fsp3) is 0. The van der Waals surface area contributed by atoms with Gasteiger partial charge in [-0.25, -0.2) is 0 Å². The highest BCUT2D eigenvalue weighted by Crippen LogP contribution is 2.49. The van der Waals surface area contributed by atoms with Crippen LogP contribution in [0.1, 0.15) is 0 Å². The molecule has 0 atom stereocenters. The van der Waals surface area contributed by atoms with Crippen molar-refractivity contribution in [2.75, 3.05) is 0 Å². The molecule has 4 heteroatoms. The lowest BCUT2D eigenvalue weighted by Crippen LogP contribution is -1.89. The maximum Gasteiger partial charge on any atom is 0.143 e. The largest absolute Gasteiger partial charge is 0.455 e. The first-order chi connectivity index (χ1) is 26.8. The van der Waals surface area contributed by atoms with Crippen molar-refractivity contribution in [2.45, 2.75) is 0 Å². The van der Waals surface area contributed by atoms with E-state index in [1.807, 2.05) is 0 Å². The molecular weight excluding hydrogens is 697 g/mol. The summed E-state index contributed by atoms with van der Waals surface area (Å²) in [4.78, 5) is 0. The first kappa shape index (κ1) is 29.0. The molecule has 0 fully saturated rings. The van der Waals surface area contributed by atoms with Crippen molar-refractivity contribution in [3.63, 3.8) is 0 Å². The van der Waals surface area contributed by atoms with E-state index in [2.05, 4.69) is 156 Å². The van der Waals surface area contributed by atoms with Gasteiger partial charge in [-0.05, 0) is 115 Å². The Balaban J connectivity index is 1.21. The molecule has 13 aromatic rings. The van der Waals surface area contributed by atoms with E-state index < -0.39 is 0 Å². The minimum absolute atomic E-state index is 0.913. The first-order valence-corrected chi connectivity index (χ1v) is 20.0. The van der Waals surface area contributed by atoms with Gasteiger partial charge in [-0.15, -0.1) is 22.7 Å². The highest BCUT2D eigenvalue weighted by molar-refractivity contribution is 7.18. The van der Waals surface area contributed by atoms with Gasteiger partial charge in [0.2, 0.25) is 0 Å². The molecule has 9 aromatic carbocycles. The Hall–Kier alpha value is -6.46. The maximum absolute atomic E-state index is 6.78. The normalized spacial score (nSPS) is 12.4. The van der Waals surface area contributed by atoms with Gasteiger partial charge < -0.3 is 8.83 Å². The van der Waals surface area contributed by atoms with Crippen LogP contribution in [0.15, 0.2) is 165 Å². The van der Waals surface area contributed by atoms with Crippen LogP contribution in [0.3, 0.4) is 0 Å². The lowest BCUT2D eigenvalue weighted by Gasteiger charge is -2.15.